The summed E-state index contributed by atoms with van der Waals surface area (Å²) in [5.74, 6) is 0. The average Bonchev–Trinajstić information content (AvgIpc) is 1.56. The number of rotatable bonds is 12. The minimum absolute atomic E-state index is 0. The van der Waals surface area contributed by atoms with Crippen LogP contribution in [0, 0.1) is 0 Å². The van der Waals surface area contributed by atoms with Gasteiger partial charge in [0.25, 0.3) is 0 Å². The Morgan fingerprint density at radius 3 is 0.698 bits per heavy atom. The normalized spacial score (nSPS) is 12.0. The Morgan fingerprint density at radius 2 is 0.396 bits per heavy atom. The third kappa shape index (κ3) is 14.2. The maximum absolute atomic E-state index is 9.98. The van der Waals surface area contributed by atoms with E-state index in [0.29, 0.717) is 0 Å². The van der Waals surface area contributed by atoms with Gasteiger partial charge in [0.05, 0.1) is 10.8 Å². The van der Waals surface area contributed by atoms with Gasteiger partial charge in [-0.1, -0.05) is 350 Å². The molecule has 0 heterocycles. The van der Waals surface area contributed by atoms with Gasteiger partial charge in [-0.2, -0.15) is 0 Å². The summed E-state index contributed by atoms with van der Waals surface area (Å²) in [6.07, 6.45) is 0.167. The van der Waals surface area contributed by atoms with Crippen LogP contribution in [0.2, 0.25) is 0 Å². The summed E-state index contributed by atoms with van der Waals surface area (Å²) < 4.78 is 21.0. The first-order valence-electron chi connectivity index (χ1n) is 35.0. The van der Waals surface area contributed by atoms with Gasteiger partial charge in [-0.15, -0.1) is 17.0 Å². The van der Waals surface area contributed by atoms with Crippen molar-refractivity contribution in [3.63, 3.8) is 0 Å². The summed E-state index contributed by atoms with van der Waals surface area (Å²) in [5.41, 5.74) is 34.0. The van der Waals surface area contributed by atoms with E-state index in [0.717, 1.165) is 4.47 Å². The van der Waals surface area contributed by atoms with Crippen molar-refractivity contribution in [1.29, 1.82) is 0 Å². The molecule has 0 aliphatic heterocycles. The Kier molecular flexibility index (Phi) is 22.3. The van der Waals surface area contributed by atoms with E-state index in [1.807, 2.05) is 0 Å². The van der Waals surface area contributed by atoms with E-state index in [4.69, 9.17) is 0 Å². The van der Waals surface area contributed by atoms with Gasteiger partial charge in [-0.05, 0) is 229 Å². The van der Waals surface area contributed by atoms with Gasteiger partial charge < -0.3 is 0 Å². The van der Waals surface area contributed by atoms with Crippen molar-refractivity contribution >= 4 is 69.9 Å². The van der Waals surface area contributed by atoms with Crippen LogP contribution in [0.15, 0.2) is 411 Å². The number of hydrogen-bond donors (Lipinski definition) is 0. The van der Waals surface area contributed by atoms with Crippen molar-refractivity contribution in [3.8, 4) is 111 Å². The fraction of sp³-hybridized carbons (Fsp3) is 0.0204. The molecule has 0 amide bonds. The van der Waals surface area contributed by atoms with E-state index in [1.165, 1.54) is 156 Å². The minimum atomic E-state index is -0.459. The van der Waals surface area contributed by atoms with E-state index >= 15 is 0 Å². The first-order valence-corrected chi connectivity index (χ1v) is 36.8. The molecule has 18 rings (SSSR count). The van der Waals surface area contributed by atoms with Crippen LogP contribution in [0.5, 0.6) is 0 Å². The van der Waals surface area contributed by atoms with E-state index in [2.05, 4.69) is 446 Å². The molecule has 0 radical (unpaired) electrons. The Morgan fingerprint density at radius 1 is 0.208 bits per heavy atom. The molecule has 0 spiro atoms. The van der Waals surface area contributed by atoms with Crippen LogP contribution >= 0.6 is 57.0 Å². The monoisotopic (exact) mass is 1530 g/mol. The quantitative estimate of drug-likeness (QED) is 0.112. The summed E-state index contributed by atoms with van der Waals surface area (Å²) in [5, 5.41) is 0. The number of halogens is 4. The van der Waals surface area contributed by atoms with Crippen LogP contribution in [-0.4, -0.2) is 12.9 Å². The molecule has 8 heteroatoms. The molecule has 106 heavy (non-hydrogen) atoms. The largest absolute Gasteiger partial charge is 0.0713 e. The predicted octanol–water partition coefficient (Wildman–Crippen LogP) is 28.4. The third-order valence-electron chi connectivity index (χ3n) is 20.3. The second-order valence-electron chi connectivity index (χ2n) is 26.1. The molecule has 16 aromatic rings. The van der Waals surface area contributed by atoms with Crippen molar-refractivity contribution in [2.45, 2.75) is 10.8 Å². The van der Waals surface area contributed by atoms with Crippen molar-refractivity contribution in [2.75, 3.05) is 0 Å². The van der Waals surface area contributed by atoms with E-state index in [9.17, 15) is 8.63 Å². The summed E-state index contributed by atoms with van der Waals surface area (Å²) >= 11 is 11.0. The molecule has 0 saturated heterocycles. The third-order valence-corrected chi connectivity index (χ3v) is 20.8. The van der Waals surface area contributed by atoms with Gasteiger partial charge in [0.15, 0.2) is 0 Å². The number of benzene rings is 16. The van der Waals surface area contributed by atoms with E-state index in [1.54, 1.807) is 0 Å². The molecule has 0 aromatic heterocycles. The summed E-state index contributed by atoms with van der Waals surface area (Å²) in [7, 11) is 0. The zero-order valence-electron chi connectivity index (χ0n) is 57.7. The smallest absolute Gasteiger partial charge is 0.0622 e. The SMILES string of the molecule is Br.Brc1cccc(C2(c3cccc(-c4cccc(-c5cc(-c6ccccc6)cc(-c6ccccc6)c5)c4)c3)c3ccccc3-c3ccccc32)c1.FB=S.FB=S.[HH].c1ccc(-c2cc(-c3ccccc3)cc(-c3cccc(-c4cccc(C5(c6ccccc6)c6ccccc6-c6ccccc65)c4)c3)c2)cc1. The second-order valence-corrected chi connectivity index (χ2v) is 27.4. The van der Waals surface area contributed by atoms with Gasteiger partial charge >= 0.3 is 45.6 Å². The molecule has 0 N–H and O–H groups in total. The molecule has 0 saturated carbocycles. The predicted molar refractivity (Wildman–Crippen MR) is 460 cm³/mol. The van der Waals surface area contributed by atoms with Crippen LogP contribution in [0.25, 0.3) is 111 Å². The zero-order chi connectivity index (χ0) is 71.5. The van der Waals surface area contributed by atoms with Gasteiger partial charge in [0, 0.05) is 5.90 Å². The van der Waals surface area contributed by atoms with Crippen LogP contribution in [0.3, 0.4) is 0 Å². The topological polar surface area (TPSA) is 0 Å². The summed E-state index contributed by atoms with van der Waals surface area (Å²) in [4.78, 5) is 0. The van der Waals surface area contributed by atoms with Crippen LogP contribution in [-0.2, 0) is 10.8 Å². The van der Waals surface area contributed by atoms with Gasteiger partial charge in [0.2, 0.25) is 0 Å². The van der Waals surface area contributed by atoms with E-state index < -0.39 is 10.8 Å². The Labute approximate surface area is 652 Å². The molecule has 508 valence electrons. The van der Waals surface area contributed by atoms with Crippen molar-refractivity contribution in [3.05, 3.63) is 455 Å². The van der Waals surface area contributed by atoms with Crippen molar-refractivity contribution < 1.29 is 10.1 Å². The zero-order valence-corrected chi connectivity index (χ0v) is 62.6. The number of fused-ring (bicyclic) bond motifs is 6. The molecule has 0 unspecified atom stereocenters. The fourth-order valence-electron chi connectivity index (χ4n) is 15.9. The fourth-order valence-corrected chi connectivity index (χ4v) is 16.3. The first kappa shape index (κ1) is 71.9. The van der Waals surface area contributed by atoms with E-state index in [-0.39, 0.29) is 31.3 Å². The van der Waals surface area contributed by atoms with Crippen molar-refractivity contribution in [2.24, 2.45) is 0 Å². The Bertz CT molecular complexity index is 5580. The van der Waals surface area contributed by atoms with Gasteiger partial charge in [-0.25, -0.2) is 0 Å². The van der Waals surface area contributed by atoms with Gasteiger partial charge in [-0.3, -0.25) is 0 Å². The summed E-state index contributed by atoms with van der Waals surface area (Å²) in [6.45, 7) is 0. The van der Waals surface area contributed by atoms with Crippen LogP contribution < -0.4 is 0 Å². The van der Waals surface area contributed by atoms with Crippen LogP contribution in [0.4, 0.5) is 8.63 Å². The van der Waals surface area contributed by atoms with Crippen LogP contribution in [0.1, 0.15) is 45.9 Å². The molecule has 0 bridgehead atoms. The molecule has 2 aliphatic carbocycles. The standard InChI is InChI=1S/C49H33Br.C49H34.2BFS.BrH.H2/c50-44-23-13-22-43(33-44)49(47-26-9-7-24-45(47)46-25-8-10-27-48(46)49)42-21-12-20-38(32-42)36-18-11-19-37(28-36)41-30-39(34-14-3-1-4-15-34)29-40(31-41)35-16-5-2-6-17-35;1-4-16-35(17-5-1)40-31-41(36-18-6-2-7-19-36)33-42(32-40)38-21-14-20-37(30-38)39-22-15-25-44(34-39)49(43-23-8-3-9-24-43)47-28-12-10-26-45(47)46-27-11-13-29-48(46)49;2*2-1-3;;/h1-33H;1-34H;;;2*1H. The maximum atomic E-state index is 9.98. The summed E-state index contributed by atoms with van der Waals surface area (Å²) in [6, 6.07) is 149. The van der Waals surface area contributed by atoms with Crippen molar-refractivity contribution in [1.82, 2.24) is 0 Å². The van der Waals surface area contributed by atoms with Gasteiger partial charge in [0.1, 0.15) is 0 Å². The second kappa shape index (κ2) is 32.9. The Hall–Kier alpha value is -11.1. The molecule has 0 nitrogen and oxygen atoms in total. The maximum Gasteiger partial charge on any atom is 0.0713 e. The molecular weight excluding hydrogens is 1460 g/mol. The number of hydrogen-bond acceptors (Lipinski definition) is 2. The minimum Gasteiger partial charge on any atom is -0.0622 e. The average molecular weight is 1530 g/mol. The molecule has 2 aliphatic rings. The Balaban J connectivity index is 0.000000173. The molecule has 0 fully saturated rings. The first-order chi connectivity index (χ1) is 51.8. The molecule has 16 aromatic carbocycles. The molecular formula is C98H70B2Br2F2S2. The molecule has 0 atom stereocenters.